The first-order valence-corrected chi connectivity index (χ1v) is 20.8. The number of pyridine rings is 1. The average Bonchev–Trinajstić information content (AvgIpc) is 3.86. The number of fused-ring (bicyclic) bond motifs is 16. The fraction of sp³-hybridized carbons (Fsp3) is 0.423. The first-order chi connectivity index (χ1) is 26.0. The van der Waals surface area contributed by atoms with Crippen LogP contribution in [0.25, 0.3) is 76.2 Å². The Morgan fingerprint density at radius 3 is 1.48 bits per heavy atom. The summed E-state index contributed by atoms with van der Waals surface area (Å²) in [7, 11) is 0. The highest BCUT2D eigenvalue weighted by Crippen LogP contribution is 2.57. The molecule has 2 aliphatic rings. The second-order valence-corrected chi connectivity index (χ2v) is 22.7. The Balaban J connectivity index is 1.39. The maximum Gasteiger partial charge on any atom is 0.0995 e. The van der Waals surface area contributed by atoms with Crippen LogP contribution in [0.2, 0.25) is 0 Å². The van der Waals surface area contributed by atoms with Crippen LogP contribution in [0.5, 0.6) is 0 Å². The van der Waals surface area contributed by atoms with Gasteiger partial charge in [-0.3, -0.25) is 4.98 Å². The molecule has 0 bridgehead atoms. The van der Waals surface area contributed by atoms with E-state index in [-0.39, 0.29) is 32.5 Å². The fourth-order valence-corrected chi connectivity index (χ4v) is 12.8. The summed E-state index contributed by atoms with van der Waals surface area (Å²) in [6.45, 7) is 33.1. The highest BCUT2D eigenvalue weighted by molar-refractivity contribution is 6.30. The Kier molecular flexibility index (Phi) is 5.90. The third-order valence-corrected chi connectivity index (χ3v) is 14.5. The van der Waals surface area contributed by atoms with E-state index in [4.69, 9.17) is 4.98 Å². The minimum atomic E-state index is -0.0839. The van der Waals surface area contributed by atoms with Crippen molar-refractivity contribution in [2.45, 2.75) is 142 Å². The van der Waals surface area contributed by atoms with Gasteiger partial charge in [0, 0.05) is 48.5 Å². The molecule has 11 rings (SSSR count). The minimum Gasteiger partial charge on any atom is -0.308 e. The predicted molar refractivity (Wildman–Crippen MR) is 237 cm³/mol. The number of hydrogen-bond donors (Lipinski definition) is 0. The summed E-state index contributed by atoms with van der Waals surface area (Å²) < 4.78 is 5.08. The van der Waals surface area contributed by atoms with Crippen molar-refractivity contribution in [3.63, 3.8) is 0 Å². The highest BCUT2D eigenvalue weighted by Gasteiger charge is 2.47. The Hall–Kier alpha value is -4.88. The van der Waals surface area contributed by atoms with Crippen molar-refractivity contribution in [2.24, 2.45) is 0 Å². The van der Waals surface area contributed by atoms with Crippen LogP contribution in [0, 0.1) is 11.3 Å². The van der Waals surface area contributed by atoms with Crippen molar-refractivity contribution in [1.29, 1.82) is 5.26 Å². The van der Waals surface area contributed by atoms with Crippen molar-refractivity contribution < 1.29 is 0 Å². The van der Waals surface area contributed by atoms with Crippen molar-refractivity contribution in [3.8, 4) is 6.07 Å². The van der Waals surface area contributed by atoms with Gasteiger partial charge in [0.15, 0.2) is 0 Å². The molecule has 2 aliphatic carbocycles. The molecule has 0 spiro atoms. The quantitative estimate of drug-likeness (QED) is 0.156. The molecule has 4 aromatic carbocycles. The van der Waals surface area contributed by atoms with Gasteiger partial charge in [-0.05, 0) is 110 Å². The summed E-state index contributed by atoms with van der Waals surface area (Å²) in [6.07, 6.45) is 4.29. The number of nitrogens with zero attached hydrogens (tertiary/aromatic N) is 4. The molecule has 0 radical (unpaired) electrons. The normalized spacial score (nSPS) is 18.9. The molecule has 0 saturated carbocycles. The Labute approximate surface area is 330 Å². The lowest BCUT2D eigenvalue weighted by molar-refractivity contribution is 0.400. The Morgan fingerprint density at radius 2 is 0.964 bits per heavy atom. The lowest BCUT2D eigenvalue weighted by Gasteiger charge is -2.23. The molecule has 0 saturated heterocycles. The van der Waals surface area contributed by atoms with Gasteiger partial charge in [-0.15, -0.1) is 0 Å². The molecular formula is C52H54N4. The summed E-state index contributed by atoms with van der Waals surface area (Å²) in [6, 6.07) is 19.8. The van der Waals surface area contributed by atoms with Crippen LogP contribution in [0.1, 0.15) is 149 Å². The standard InChI is InChI=1S/C52H54N4/c1-47(2,3)27-16-31-29-21-36-30(20-35(29)55-37-15-26(22-53)41-42(39(37)33(18-27)44(31)55)50(9,10)24-49(41,7)8)32-17-28(48(4,5)6)19-34-40-38(56(36)45(32)34)23-54-46-43(40)51(11,12)25-52(46,13)14/h15-21,23H,24-25H2,1-14H3. The Bertz CT molecular complexity index is 3310. The van der Waals surface area contributed by atoms with Gasteiger partial charge in [0.1, 0.15) is 0 Å². The van der Waals surface area contributed by atoms with Crippen LogP contribution in [-0.2, 0) is 32.5 Å². The van der Waals surface area contributed by atoms with E-state index in [0.717, 1.165) is 23.9 Å². The zero-order chi connectivity index (χ0) is 39.8. The van der Waals surface area contributed by atoms with Gasteiger partial charge < -0.3 is 8.80 Å². The van der Waals surface area contributed by atoms with Gasteiger partial charge in [-0.2, -0.15) is 5.26 Å². The van der Waals surface area contributed by atoms with Crippen molar-refractivity contribution in [1.82, 2.24) is 13.8 Å². The molecule has 0 unspecified atom stereocenters. The third-order valence-electron chi connectivity index (χ3n) is 14.5. The van der Waals surface area contributed by atoms with Crippen molar-refractivity contribution in [3.05, 3.63) is 87.7 Å². The van der Waals surface area contributed by atoms with Gasteiger partial charge >= 0.3 is 0 Å². The molecule has 4 heteroatoms. The van der Waals surface area contributed by atoms with Gasteiger partial charge in [-0.1, -0.05) is 96.9 Å². The zero-order valence-corrected chi connectivity index (χ0v) is 35.8. The fourth-order valence-electron chi connectivity index (χ4n) is 12.8. The number of aromatic nitrogens is 3. The molecule has 282 valence electrons. The van der Waals surface area contributed by atoms with E-state index in [9.17, 15) is 5.26 Å². The van der Waals surface area contributed by atoms with Crippen molar-refractivity contribution >= 4 is 76.2 Å². The van der Waals surface area contributed by atoms with Gasteiger partial charge in [0.2, 0.25) is 0 Å². The molecule has 9 aromatic rings. The summed E-state index contributed by atoms with van der Waals surface area (Å²) >= 11 is 0. The van der Waals surface area contributed by atoms with Crippen LogP contribution in [0.15, 0.2) is 48.7 Å². The summed E-state index contributed by atoms with van der Waals surface area (Å²) in [4.78, 5) is 5.32. The molecular weight excluding hydrogens is 681 g/mol. The maximum atomic E-state index is 10.8. The third kappa shape index (κ3) is 3.93. The number of hydrogen-bond acceptors (Lipinski definition) is 2. The van der Waals surface area contributed by atoms with E-state index < -0.39 is 0 Å². The van der Waals surface area contributed by atoms with Crippen molar-refractivity contribution in [2.75, 3.05) is 0 Å². The monoisotopic (exact) mass is 734 g/mol. The van der Waals surface area contributed by atoms with Crippen LogP contribution >= 0.6 is 0 Å². The predicted octanol–water partition coefficient (Wildman–Crippen LogP) is 13.8. The molecule has 5 heterocycles. The minimum absolute atomic E-state index is 0.0121. The van der Waals surface area contributed by atoms with Crippen LogP contribution in [-0.4, -0.2) is 13.8 Å². The number of rotatable bonds is 0. The highest BCUT2D eigenvalue weighted by atomic mass is 15.0. The van der Waals surface area contributed by atoms with Gasteiger partial charge in [-0.25, -0.2) is 0 Å². The first kappa shape index (κ1) is 34.4. The molecule has 5 aromatic heterocycles. The van der Waals surface area contributed by atoms with Crippen LogP contribution < -0.4 is 0 Å². The van der Waals surface area contributed by atoms with E-state index in [0.29, 0.717) is 0 Å². The average molecular weight is 735 g/mol. The smallest absolute Gasteiger partial charge is 0.0995 e. The van der Waals surface area contributed by atoms with E-state index >= 15 is 0 Å². The molecule has 0 amide bonds. The summed E-state index contributed by atoms with van der Waals surface area (Å²) in [5.41, 5.74) is 16.1. The van der Waals surface area contributed by atoms with Gasteiger partial charge in [0.25, 0.3) is 0 Å². The second kappa shape index (κ2) is 9.62. The maximum absolute atomic E-state index is 10.8. The molecule has 56 heavy (non-hydrogen) atoms. The molecule has 4 nitrogen and oxygen atoms in total. The molecule has 0 aliphatic heterocycles. The molecule has 0 N–H and O–H groups in total. The zero-order valence-electron chi connectivity index (χ0n) is 35.8. The summed E-state index contributed by atoms with van der Waals surface area (Å²) in [5, 5.41) is 21.3. The topological polar surface area (TPSA) is 45.5 Å². The van der Waals surface area contributed by atoms with Crippen LogP contribution in [0.3, 0.4) is 0 Å². The lowest BCUT2D eigenvalue weighted by Crippen LogP contribution is -2.18. The molecule has 0 atom stereocenters. The summed E-state index contributed by atoms with van der Waals surface area (Å²) in [5.74, 6) is 0. The van der Waals surface area contributed by atoms with E-state index in [2.05, 4.69) is 160 Å². The van der Waals surface area contributed by atoms with Gasteiger partial charge in [0.05, 0.1) is 56.6 Å². The van der Waals surface area contributed by atoms with E-state index in [1.54, 1.807) is 0 Å². The molecule has 0 fully saturated rings. The number of nitriles is 1. The Morgan fingerprint density at radius 1 is 0.518 bits per heavy atom. The largest absolute Gasteiger partial charge is 0.308 e. The number of benzene rings is 4. The van der Waals surface area contributed by atoms with Crippen LogP contribution in [0.4, 0.5) is 0 Å². The first-order valence-electron chi connectivity index (χ1n) is 20.8. The SMILES string of the molecule is CC(C)(C)c1cc2c3cc4c(cc3n3c5cnc6c(c5c(c1)c23)C(C)(C)CC6(C)C)c1cc(C(C)(C)C)cc2c3c5c(c(C#N)cc3n4c12)C(C)(C)CC5(C)C. The second-order valence-electron chi connectivity index (χ2n) is 22.7. The van der Waals surface area contributed by atoms with E-state index in [1.165, 1.54) is 104 Å². The lowest BCUT2D eigenvalue weighted by atomic mass is 9.81. The van der Waals surface area contributed by atoms with E-state index in [1.807, 2.05) is 0 Å².